The summed E-state index contributed by atoms with van der Waals surface area (Å²) >= 11 is 0. The molecule has 1 aromatic carbocycles. The first-order chi connectivity index (χ1) is 10.3. The summed E-state index contributed by atoms with van der Waals surface area (Å²) in [5.74, 6) is 1.23. The Labute approximate surface area is 128 Å². The summed E-state index contributed by atoms with van der Waals surface area (Å²) in [5.41, 5.74) is 1.10. The van der Waals surface area contributed by atoms with Gasteiger partial charge in [-0.2, -0.15) is 0 Å². The molecule has 0 aliphatic carbocycles. The van der Waals surface area contributed by atoms with Gasteiger partial charge in [0.1, 0.15) is 5.75 Å². The fourth-order valence-corrected chi connectivity index (χ4v) is 4.21. The minimum absolute atomic E-state index is 0.357. The van der Waals surface area contributed by atoms with E-state index in [-0.39, 0.29) is 0 Å². The second-order valence-electron chi connectivity index (χ2n) is 6.58. The molecule has 0 radical (unpaired) electrons. The van der Waals surface area contributed by atoms with Crippen LogP contribution in [0.2, 0.25) is 0 Å². The molecule has 116 valence electrons. The zero-order chi connectivity index (χ0) is 14.7. The van der Waals surface area contributed by atoms with Crippen molar-refractivity contribution < 1.29 is 5.11 Å². The molecule has 0 bridgehead atoms. The fourth-order valence-electron chi connectivity index (χ4n) is 4.21. The normalized spacial score (nSPS) is 28.6. The zero-order valence-electron chi connectivity index (χ0n) is 13.1. The molecule has 0 amide bonds. The van der Waals surface area contributed by atoms with Crippen LogP contribution in [0.25, 0.3) is 0 Å². The van der Waals surface area contributed by atoms with E-state index in [9.17, 15) is 5.11 Å². The molecule has 0 saturated carbocycles. The predicted octanol–water partition coefficient (Wildman–Crippen LogP) is 3.31. The number of hydrogen-bond donors (Lipinski definition) is 2. The average Bonchev–Trinajstić information content (AvgIpc) is 3.05. The van der Waals surface area contributed by atoms with Gasteiger partial charge in [0.15, 0.2) is 0 Å². The number of nitrogens with one attached hydrogen (secondary N) is 1. The van der Waals surface area contributed by atoms with Crippen LogP contribution >= 0.6 is 0 Å². The average molecular weight is 288 g/mol. The molecule has 21 heavy (non-hydrogen) atoms. The maximum absolute atomic E-state index is 10.2. The summed E-state index contributed by atoms with van der Waals surface area (Å²) in [6.45, 7) is 5.76. The summed E-state index contributed by atoms with van der Waals surface area (Å²) in [6, 6.07) is 8.92. The van der Waals surface area contributed by atoms with Crippen molar-refractivity contribution in [2.75, 3.05) is 19.6 Å². The number of piperidine rings is 1. The van der Waals surface area contributed by atoms with Gasteiger partial charge in [-0.15, -0.1) is 0 Å². The standard InChI is InChI=1S/C18H28N2O/c1-2-17(15-8-3-4-10-18(15)21)20-12-6-7-14(13-20)16-9-5-11-19-16/h3-4,8,10,14,16-17,19,21H,2,5-7,9,11-13H2,1H3. The van der Waals surface area contributed by atoms with Crippen molar-refractivity contribution in [3.8, 4) is 5.75 Å². The maximum atomic E-state index is 10.2. The summed E-state index contributed by atoms with van der Waals surface area (Å²) in [5, 5.41) is 13.9. The Balaban J connectivity index is 1.73. The molecular formula is C18H28N2O. The van der Waals surface area contributed by atoms with Crippen LogP contribution in [0.15, 0.2) is 24.3 Å². The van der Waals surface area contributed by atoms with Crippen LogP contribution in [0.4, 0.5) is 0 Å². The SMILES string of the molecule is CCC(c1ccccc1O)N1CCCC(C2CCCN2)C1. The first kappa shape index (κ1) is 14.9. The van der Waals surface area contributed by atoms with E-state index < -0.39 is 0 Å². The topological polar surface area (TPSA) is 35.5 Å². The van der Waals surface area contributed by atoms with Crippen LogP contribution in [-0.4, -0.2) is 35.7 Å². The van der Waals surface area contributed by atoms with Crippen molar-refractivity contribution in [2.45, 2.75) is 51.1 Å². The first-order valence-electron chi connectivity index (χ1n) is 8.55. The number of nitrogens with zero attached hydrogens (tertiary/aromatic N) is 1. The van der Waals surface area contributed by atoms with Crippen molar-refractivity contribution in [3.05, 3.63) is 29.8 Å². The lowest BCUT2D eigenvalue weighted by atomic mass is 9.88. The van der Waals surface area contributed by atoms with Gasteiger partial charge < -0.3 is 10.4 Å². The number of rotatable bonds is 4. The van der Waals surface area contributed by atoms with Gasteiger partial charge in [0.05, 0.1) is 0 Å². The predicted molar refractivity (Wildman–Crippen MR) is 86.5 cm³/mol. The van der Waals surface area contributed by atoms with Gasteiger partial charge in [0.25, 0.3) is 0 Å². The highest BCUT2D eigenvalue weighted by Gasteiger charge is 2.32. The third-order valence-corrected chi connectivity index (χ3v) is 5.28. The summed E-state index contributed by atoms with van der Waals surface area (Å²) in [7, 11) is 0. The first-order valence-corrected chi connectivity index (χ1v) is 8.55. The molecule has 2 heterocycles. The summed E-state index contributed by atoms with van der Waals surface area (Å²) in [4.78, 5) is 2.60. The molecule has 2 fully saturated rings. The molecule has 2 aliphatic heterocycles. The monoisotopic (exact) mass is 288 g/mol. The van der Waals surface area contributed by atoms with Crippen LogP contribution in [-0.2, 0) is 0 Å². The number of phenols is 1. The molecule has 3 nitrogen and oxygen atoms in total. The van der Waals surface area contributed by atoms with E-state index in [1.807, 2.05) is 18.2 Å². The molecular weight excluding hydrogens is 260 g/mol. The third-order valence-electron chi connectivity index (χ3n) is 5.28. The van der Waals surface area contributed by atoms with Gasteiger partial charge >= 0.3 is 0 Å². The van der Waals surface area contributed by atoms with Gasteiger partial charge in [-0.05, 0) is 57.2 Å². The van der Waals surface area contributed by atoms with Gasteiger partial charge in [-0.3, -0.25) is 4.90 Å². The van der Waals surface area contributed by atoms with E-state index in [2.05, 4.69) is 23.2 Å². The molecule has 3 unspecified atom stereocenters. The van der Waals surface area contributed by atoms with Crippen molar-refractivity contribution in [1.82, 2.24) is 10.2 Å². The summed E-state index contributed by atoms with van der Waals surface area (Å²) < 4.78 is 0. The number of hydrogen-bond acceptors (Lipinski definition) is 3. The quantitative estimate of drug-likeness (QED) is 0.892. The van der Waals surface area contributed by atoms with Gasteiger partial charge in [-0.25, -0.2) is 0 Å². The fraction of sp³-hybridized carbons (Fsp3) is 0.667. The smallest absolute Gasteiger partial charge is 0.120 e. The molecule has 3 heteroatoms. The largest absolute Gasteiger partial charge is 0.508 e. The number of likely N-dealkylation sites (tertiary alicyclic amines) is 1. The second-order valence-corrected chi connectivity index (χ2v) is 6.58. The minimum Gasteiger partial charge on any atom is -0.508 e. The summed E-state index contributed by atoms with van der Waals surface area (Å²) in [6.07, 6.45) is 6.37. The lowest BCUT2D eigenvalue weighted by molar-refractivity contribution is 0.103. The molecule has 2 saturated heterocycles. The van der Waals surface area contributed by atoms with Crippen molar-refractivity contribution >= 4 is 0 Å². The molecule has 1 aromatic rings. The lowest BCUT2D eigenvalue weighted by Gasteiger charge is -2.40. The molecule has 0 aromatic heterocycles. The van der Waals surface area contributed by atoms with E-state index in [0.717, 1.165) is 30.5 Å². The molecule has 0 spiro atoms. The van der Waals surface area contributed by atoms with Crippen molar-refractivity contribution in [3.63, 3.8) is 0 Å². The number of phenolic OH excluding ortho intramolecular Hbond substituents is 1. The van der Waals surface area contributed by atoms with E-state index in [0.29, 0.717) is 11.8 Å². The lowest BCUT2D eigenvalue weighted by Crippen LogP contribution is -2.44. The van der Waals surface area contributed by atoms with E-state index in [1.165, 1.54) is 38.8 Å². The molecule has 3 atom stereocenters. The molecule has 2 N–H and O–H groups in total. The minimum atomic E-state index is 0.357. The van der Waals surface area contributed by atoms with Crippen LogP contribution in [0.3, 0.4) is 0 Å². The van der Waals surface area contributed by atoms with Gasteiger partial charge in [0, 0.05) is 24.2 Å². The van der Waals surface area contributed by atoms with Crippen LogP contribution in [0.1, 0.15) is 50.6 Å². The molecule has 2 aliphatic rings. The van der Waals surface area contributed by atoms with E-state index in [1.54, 1.807) is 0 Å². The number of aromatic hydroxyl groups is 1. The van der Waals surface area contributed by atoms with Gasteiger partial charge in [-0.1, -0.05) is 25.1 Å². The molecule has 3 rings (SSSR count). The van der Waals surface area contributed by atoms with E-state index in [4.69, 9.17) is 0 Å². The van der Waals surface area contributed by atoms with Crippen molar-refractivity contribution in [2.24, 2.45) is 5.92 Å². The third kappa shape index (κ3) is 3.24. The Morgan fingerprint density at radius 1 is 1.29 bits per heavy atom. The highest BCUT2D eigenvalue weighted by Crippen LogP contribution is 2.35. The Kier molecular flexibility index (Phi) is 4.81. The Morgan fingerprint density at radius 2 is 2.14 bits per heavy atom. The van der Waals surface area contributed by atoms with Crippen LogP contribution in [0.5, 0.6) is 5.75 Å². The van der Waals surface area contributed by atoms with E-state index >= 15 is 0 Å². The van der Waals surface area contributed by atoms with Crippen molar-refractivity contribution in [1.29, 1.82) is 0 Å². The number of para-hydroxylation sites is 1. The highest BCUT2D eigenvalue weighted by atomic mass is 16.3. The number of benzene rings is 1. The Hall–Kier alpha value is -1.06. The van der Waals surface area contributed by atoms with Gasteiger partial charge in [0.2, 0.25) is 0 Å². The Bertz CT molecular complexity index is 456. The van der Waals surface area contributed by atoms with Crippen LogP contribution < -0.4 is 5.32 Å². The zero-order valence-corrected chi connectivity index (χ0v) is 13.1. The maximum Gasteiger partial charge on any atom is 0.120 e. The van der Waals surface area contributed by atoms with Crippen LogP contribution in [0, 0.1) is 5.92 Å². The highest BCUT2D eigenvalue weighted by molar-refractivity contribution is 5.34. The second kappa shape index (κ2) is 6.80. The Morgan fingerprint density at radius 3 is 2.86 bits per heavy atom.